The molecule has 0 bridgehead atoms. The second-order valence-corrected chi connectivity index (χ2v) is 6.13. The van der Waals surface area contributed by atoms with E-state index in [0.717, 1.165) is 5.56 Å². The molecule has 0 aromatic heterocycles. The van der Waals surface area contributed by atoms with Crippen LogP contribution in [0.15, 0.2) is 84.9 Å². The Morgan fingerprint density at radius 3 is 2.47 bits per heavy atom. The lowest BCUT2D eigenvalue weighted by molar-refractivity contribution is -0.142. The van der Waals surface area contributed by atoms with Crippen LogP contribution in [-0.4, -0.2) is 18.5 Å². The predicted octanol–water partition coefficient (Wildman–Crippen LogP) is 4.55. The fourth-order valence-corrected chi connectivity index (χ4v) is 2.53. The van der Waals surface area contributed by atoms with Crippen LogP contribution in [0.1, 0.15) is 11.1 Å². The molecule has 0 unspecified atom stereocenters. The van der Waals surface area contributed by atoms with Crippen molar-refractivity contribution in [1.82, 2.24) is 0 Å². The van der Waals surface area contributed by atoms with Gasteiger partial charge in [0.1, 0.15) is 17.6 Å². The molecule has 0 radical (unpaired) electrons. The van der Waals surface area contributed by atoms with Gasteiger partial charge in [-0.05, 0) is 48.0 Å². The minimum Gasteiger partial charge on any atom is -0.457 e. The molecule has 0 saturated heterocycles. The molecular formula is C24H18N2O4. The van der Waals surface area contributed by atoms with Gasteiger partial charge in [0.15, 0.2) is 6.61 Å². The van der Waals surface area contributed by atoms with Crippen LogP contribution in [0.3, 0.4) is 0 Å². The van der Waals surface area contributed by atoms with Gasteiger partial charge in [0, 0.05) is 6.08 Å². The Morgan fingerprint density at radius 1 is 0.933 bits per heavy atom. The second kappa shape index (κ2) is 10.2. The molecule has 1 amide bonds. The summed E-state index contributed by atoms with van der Waals surface area (Å²) in [6.07, 6.45) is 2.81. The van der Waals surface area contributed by atoms with Gasteiger partial charge in [-0.1, -0.05) is 42.5 Å². The van der Waals surface area contributed by atoms with E-state index in [1.165, 1.54) is 6.08 Å². The summed E-state index contributed by atoms with van der Waals surface area (Å²) in [7, 11) is 0. The number of carbonyl (C=O) groups is 2. The molecule has 1 N–H and O–H groups in total. The van der Waals surface area contributed by atoms with E-state index in [0.29, 0.717) is 22.7 Å². The quantitative estimate of drug-likeness (QED) is 0.466. The molecule has 30 heavy (non-hydrogen) atoms. The third-order valence-electron chi connectivity index (χ3n) is 3.92. The molecule has 0 spiro atoms. The predicted molar refractivity (Wildman–Crippen MR) is 113 cm³/mol. The van der Waals surface area contributed by atoms with Gasteiger partial charge in [0.25, 0.3) is 5.91 Å². The molecule has 0 heterocycles. The Kier molecular flexibility index (Phi) is 6.96. The first-order chi connectivity index (χ1) is 14.6. The van der Waals surface area contributed by atoms with Gasteiger partial charge in [0.2, 0.25) is 0 Å². The smallest absolute Gasteiger partial charge is 0.331 e. The highest BCUT2D eigenvalue weighted by Gasteiger charge is 2.08. The number of anilines is 1. The molecule has 0 aliphatic heterocycles. The fraction of sp³-hybridized carbons (Fsp3) is 0.0417. The zero-order chi connectivity index (χ0) is 21.2. The molecule has 0 saturated carbocycles. The van der Waals surface area contributed by atoms with E-state index in [2.05, 4.69) is 5.32 Å². The third kappa shape index (κ3) is 6.08. The van der Waals surface area contributed by atoms with Crippen molar-refractivity contribution in [1.29, 1.82) is 5.26 Å². The zero-order valence-electron chi connectivity index (χ0n) is 15.9. The number of hydrogen-bond acceptors (Lipinski definition) is 5. The number of benzene rings is 3. The summed E-state index contributed by atoms with van der Waals surface area (Å²) in [5, 5.41) is 11.6. The number of hydrogen-bond donors (Lipinski definition) is 1. The molecule has 6 heteroatoms. The van der Waals surface area contributed by atoms with Gasteiger partial charge >= 0.3 is 5.97 Å². The molecule has 3 aromatic carbocycles. The van der Waals surface area contributed by atoms with Crippen LogP contribution in [0.4, 0.5) is 5.69 Å². The van der Waals surface area contributed by atoms with E-state index in [1.54, 1.807) is 36.4 Å². The standard InChI is InChI=1S/C24H18N2O4/c25-16-19-8-4-5-12-22(19)26-23(27)17-29-24(28)14-13-18-7-6-11-21(15-18)30-20-9-2-1-3-10-20/h1-15H,17H2,(H,26,27)/b14-13+. The van der Waals surface area contributed by atoms with Crippen molar-refractivity contribution in [2.45, 2.75) is 0 Å². The first kappa shape index (κ1) is 20.4. The Hall–Kier alpha value is -4.37. The summed E-state index contributed by atoms with van der Waals surface area (Å²) in [5.41, 5.74) is 1.44. The van der Waals surface area contributed by atoms with Crippen LogP contribution in [-0.2, 0) is 14.3 Å². The molecule has 0 fully saturated rings. The van der Waals surface area contributed by atoms with Crippen molar-refractivity contribution in [3.63, 3.8) is 0 Å². The monoisotopic (exact) mass is 398 g/mol. The number of nitriles is 1. The average molecular weight is 398 g/mol. The first-order valence-corrected chi connectivity index (χ1v) is 9.11. The van der Waals surface area contributed by atoms with Crippen LogP contribution in [0.2, 0.25) is 0 Å². The number of carbonyl (C=O) groups excluding carboxylic acids is 2. The lowest BCUT2D eigenvalue weighted by atomic mass is 10.2. The van der Waals surface area contributed by atoms with Gasteiger partial charge in [-0.3, -0.25) is 4.79 Å². The average Bonchev–Trinajstić information content (AvgIpc) is 2.77. The fourth-order valence-electron chi connectivity index (χ4n) is 2.53. The van der Waals surface area contributed by atoms with Crippen molar-refractivity contribution in [3.8, 4) is 17.6 Å². The van der Waals surface area contributed by atoms with Crippen molar-refractivity contribution in [3.05, 3.63) is 96.1 Å². The topological polar surface area (TPSA) is 88.4 Å². The van der Waals surface area contributed by atoms with Crippen LogP contribution < -0.4 is 10.1 Å². The Balaban J connectivity index is 1.51. The lowest BCUT2D eigenvalue weighted by Gasteiger charge is -2.07. The van der Waals surface area contributed by atoms with Crippen LogP contribution in [0, 0.1) is 11.3 Å². The largest absolute Gasteiger partial charge is 0.457 e. The molecule has 0 aliphatic rings. The van der Waals surface area contributed by atoms with Crippen LogP contribution in [0.25, 0.3) is 6.08 Å². The van der Waals surface area contributed by atoms with Gasteiger partial charge in [-0.2, -0.15) is 5.26 Å². The van der Waals surface area contributed by atoms with E-state index < -0.39 is 18.5 Å². The molecule has 148 valence electrons. The second-order valence-electron chi connectivity index (χ2n) is 6.13. The Bertz CT molecular complexity index is 1100. The number of amides is 1. The summed E-state index contributed by atoms with van der Waals surface area (Å²) in [6, 6.07) is 25.1. The summed E-state index contributed by atoms with van der Waals surface area (Å²) in [4.78, 5) is 23.8. The van der Waals surface area contributed by atoms with Crippen molar-refractivity contribution >= 4 is 23.6 Å². The van der Waals surface area contributed by atoms with E-state index in [-0.39, 0.29) is 0 Å². The van der Waals surface area contributed by atoms with E-state index in [9.17, 15) is 9.59 Å². The maximum atomic E-state index is 11.9. The maximum absolute atomic E-state index is 11.9. The molecular weight excluding hydrogens is 380 g/mol. The van der Waals surface area contributed by atoms with Crippen molar-refractivity contribution in [2.75, 3.05) is 11.9 Å². The summed E-state index contributed by atoms with van der Waals surface area (Å²) >= 11 is 0. The van der Waals surface area contributed by atoms with Gasteiger partial charge in [0.05, 0.1) is 11.3 Å². The molecule has 0 aliphatic carbocycles. The third-order valence-corrected chi connectivity index (χ3v) is 3.92. The highest BCUT2D eigenvalue weighted by molar-refractivity contribution is 5.95. The lowest BCUT2D eigenvalue weighted by Crippen LogP contribution is -2.20. The van der Waals surface area contributed by atoms with Crippen molar-refractivity contribution in [2.24, 2.45) is 0 Å². The highest BCUT2D eigenvalue weighted by Crippen LogP contribution is 2.22. The number of nitrogens with zero attached hydrogens (tertiary/aromatic N) is 1. The SMILES string of the molecule is N#Cc1ccccc1NC(=O)COC(=O)/C=C/c1cccc(Oc2ccccc2)c1. The van der Waals surface area contributed by atoms with Gasteiger partial charge in [-0.25, -0.2) is 4.79 Å². The summed E-state index contributed by atoms with van der Waals surface area (Å²) in [5.74, 6) is 0.153. The molecule has 3 rings (SSSR count). The van der Waals surface area contributed by atoms with E-state index in [1.807, 2.05) is 54.6 Å². The number of nitrogens with one attached hydrogen (secondary N) is 1. The van der Waals surface area contributed by atoms with Gasteiger partial charge < -0.3 is 14.8 Å². The molecule has 6 nitrogen and oxygen atoms in total. The summed E-state index contributed by atoms with van der Waals surface area (Å²) in [6.45, 7) is -0.458. The Labute approximate surface area is 174 Å². The Morgan fingerprint density at radius 2 is 1.67 bits per heavy atom. The van der Waals surface area contributed by atoms with Gasteiger partial charge in [-0.15, -0.1) is 0 Å². The minimum absolute atomic E-state index is 0.328. The van der Waals surface area contributed by atoms with Crippen molar-refractivity contribution < 1.29 is 19.1 Å². The number of esters is 1. The van der Waals surface area contributed by atoms with E-state index in [4.69, 9.17) is 14.7 Å². The molecule has 3 aromatic rings. The van der Waals surface area contributed by atoms with Crippen LogP contribution >= 0.6 is 0 Å². The maximum Gasteiger partial charge on any atom is 0.331 e. The minimum atomic E-state index is -0.659. The number of para-hydroxylation sites is 2. The highest BCUT2D eigenvalue weighted by atomic mass is 16.5. The summed E-state index contributed by atoms with van der Waals surface area (Å²) < 4.78 is 10.7. The number of ether oxygens (including phenoxy) is 2. The first-order valence-electron chi connectivity index (χ1n) is 9.11. The normalized spacial score (nSPS) is 10.2. The number of rotatable bonds is 7. The van der Waals surface area contributed by atoms with Crippen LogP contribution in [0.5, 0.6) is 11.5 Å². The molecule has 0 atom stereocenters. The van der Waals surface area contributed by atoms with E-state index >= 15 is 0 Å². The zero-order valence-corrected chi connectivity index (χ0v) is 15.9.